The van der Waals surface area contributed by atoms with Gasteiger partial charge in [0.2, 0.25) is 11.8 Å². The predicted molar refractivity (Wildman–Crippen MR) is 80.6 cm³/mol. The molecule has 0 aliphatic carbocycles. The Morgan fingerprint density at radius 3 is 2.55 bits per heavy atom. The highest BCUT2D eigenvalue weighted by atomic mass is 16.6. The first-order valence-electron chi connectivity index (χ1n) is 6.94. The zero-order valence-corrected chi connectivity index (χ0v) is 12.9. The van der Waals surface area contributed by atoms with Crippen LogP contribution in [0.2, 0.25) is 0 Å². The van der Waals surface area contributed by atoms with Gasteiger partial charge >= 0.3 is 5.97 Å². The molecule has 6 nitrogen and oxygen atoms in total. The van der Waals surface area contributed by atoms with Gasteiger partial charge in [-0.2, -0.15) is 4.98 Å². The minimum Gasteiger partial charge on any atom is -0.481 e. The summed E-state index contributed by atoms with van der Waals surface area (Å²) in [4.78, 5) is 16.1. The van der Waals surface area contributed by atoms with Crippen molar-refractivity contribution in [2.75, 3.05) is 7.11 Å². The SMILES string of the molecule is COc1cccc(OC(=O)C(O)C(C)(C)Cn2cccc2)n1. The maximum atomic E-state index is 12.1. The Hall–Kier alpha value is -2.34. The molecular weight excluding hydrogens is 284 g/mol. The van der Waals surface area contributed by atoms with Crippen molar-refractivity contribution < 1.29 is 19.4 Å². The van der Waals surface area contributed by atoms with Crippen LogP contribution >= 0.6 is 0 Å². The molecule has 0 aromatic carbocycles. The van der Waals surface area contributed by atoms with E-state index in [0.29, 0.717) is 12.4 Å². The number of carbonyl (C=O) groups excluding carboxylic acids is 1. The minimum absolute atomic E-state index is 0.0974. The van der Waals surface area contributed by atoms with Crippen LogP contribution in [0.1, 0.15) is 13.8 Å². The highest BCUT2D eigenvalue weighted by Crippen LogP contribution is 2.25. The molecule has 0 aliphatic heterocycles. The second kappa shape index (κ2) is 6.62. The summed E-state index contributed by atoms with van der Waals surface area (Å²) < 4.78 is 12.0. The number of pyridine rings is 1. The number of carbonyl (C=O) groups is 1. The maximum Gasteiger partial charge on any atom is 0.342 e. The van der Waals surface area contributed by atoms with E-state index in [1.807, 2.05) is 29.1 Å². The Labute approximate surface area is 129 Å². The lowest BCUT2D eigenvalue weighted by atomic mass is 9.86. The molecule has 0 aliphatic rings. The Morgan fingerprint density at radius 1 is 1.27 bits per heavy atom. The lowest BCUT2D eigenvalue weighted by Crippen LogP contribution is -2.41. The third-order valence-electron chi connectivity index (χ3n) is 3.33. The average molecular weight is 304 g/mol. The Kier molecular flexibility index (Phi) is 4.82. The van der Waals surface area contributed by atoms with Gasteiger partial charge in [-0.25, -0.2) is 4.79 Å². The van der Waals surface area contributed by atoms with Crippen molar-refractivity contribution in [2.45, 2.75) is 26.5 Å². The average Bonchev–Trinajstić information content (AvgIpc) is 2.98. The van der Waals surface area contributed by atoms with Crippen molar-refractivity contribution in [3.8, 4) is 11.8 Å². The largest absolute Gasteiger partial charge is 0.481 e. The minimum atomic E-state index is -1.28. The second-order valence-corrected chi connectivity index (χ2v) is 5.69. The monoisotopic (exact) mass is 304 g/mol. The molecule has 0 fully saturated rings. The summed E-state index contributed by atoms with van der Waals surface area (Å²) in [5, 5.41) is 10.3. The van der Waals surface area contributed by atoms with Gasteiger partial charge in [0.05, 0.1) is 7.11 Å². The Balaban J connectivity index is 2.04. The van der Waals surface area contributed by atoms with E-state index in [4.69, 9.17) is 9.47 Å². The van der Waals surface area contributed by atoms with Crippen LogP contribution in [-0.4, -0.2) is 33.8 Å². The number of hydrogen-bond acceptors (Lipinski definition) is 5. The number of esters is 1. The lowest BCUT2D eigenvalue weighted by Gasteiger charge is -2.29. The van der Waals surface area contributed by atoms with E-state index in [2.05, 4.69) is 4.98 Å². The third-order valence-corrected chi connectivity index (χ3v) is 3.33. The quantitative estimate of drug-likeness (QED) is 0.825. The van der Waals surface area contributed by atoms with Gasteiger partial charge in [0, 0.05) is 36.5 Å². The normalized spacial score (nSPS) is 12.7. The number of methoxy groups -OCH3 is 1. The van der Waals surface area contributed by atoms with Crippen molar-refractivity contribution in [2.24, 2.45) is 5.41 Å². The number of aromatic nitrogens is 2. The first-order valence-corrected chi connectivity index (χ1v) is 6.94. The van der Waals surface area contributed by atoms with Crippen molar-refractivity contribution in [1.82, 2.24) is 9.55 Å². The van der Waals surface area contributed by atoms with Gasteiger partial charge in [0.15, 0.2) is 6.10 Å². The van der Waals surface area contributed by atoms with Crippen LogP contribution in [0, 0.1) is 5.41 Å². The molecule has 0 amide bonds. The van der Waals surface area contributed by atoms with Gasteiger partial charge in [-0.3, -0.25) is 0 Å². The van der Waals surface area contributed by atoms with Crippen molar-refractivity contribution in [1.29, 1.82) is 0 Å². The first kappa shape index (κ1) is 16.0. The highest BCUT2D eigenvalue weighted by Gasteiger charge is 2.35. The van der Waals surface area contributed by atoms with E-state index in [1.165, 1.54) is 13.2 Å². The number of hydrogen-bond donors (Lipinski definition) is 1. The maximum absolute atomic E-state index is 12.1. The lowest BCUT2D eigenvalue weighted by molar-refractivity contribution is -0.151. The zero-order valence-electron chi connectivity index (χ0n) is 12.9. The van der Waals surface area contributed by atoms with Crippen LogP contribution in [0.15, 0.2) is 42.7 Å². The summed E-state index contributed by atoms with van der Waals surface area (Å²) in [5.41, 5.74) is -0.686. The summed E-state index contributed by atoms with van der Waals surface area (Å²) in [7, 11) is 1.48. The molecule has 118 valence electrons. The fraction of sp³-hybridized carbons (Fsp3) is 0.375. The number of rotatable bonds is 6. The van der Waals surface area contributed by atoms with Crippen LogP contribution in [0.5, 0.6) is 11.8 Å². The number of nitrogens with zero attached hydrogens (tertiary/aromatic N) is 2. The molecule has 2 heterocycles. The molecule has 0 saturated carbocycles. The second-order valence-electron chi connectivity index (χ2n) is 5.69. The van der Waals surface area contributed by atoms with E-state index < -0.39 is 17.5 Å². The van der Waals surface area contributed by atoms with Crippen LogP contribution in [-0.2, 0) is 11.3 Å². The smallest absolute Gasteiger partial charge is 0.342 e. The standard InChI is InChI=1S/C16H20N2O4/c1-16(2,11-18-9-4-5-10-18)14(19)15(20)22-13-8-6-7-12(17-13)21-3/h4-10,14,19H,11H2,1-3H3. The predicted octanol–water partition coefficient (Wildman–Crippen LogP) is 1.88. The molecule has 1 atom stereocenters. The van der Waals surface area contributed by atoms with Gasteiger partial charge in [-0.05, 0) is 12.1 Å². The molecule has 2 rings (SSSR count). The third kappa shape index (κ3) is 3.85. The van der Waals surface area contributed by atoms with E-state index in [0.717, 1.165) is 0 Å². The summed E-state index contributed by atoms with van der Waals surface area (Å²) in [6, 6.07) is 8.61. The highest BCUT2D eigenvalue weighted by molar-refractivity contribution is 5.77. The molecule has 0 bridgehead atoms. The van der Waals surface area contributed by atoms with Crippen LogP contribution < -0.4 is 9.47 Å². The molecule has 6 heteroatoms. The van der Waals surface area contributed by atoms with Gasteiger partial charge in [-0.1, -0.05) is 19.9 Å². The summed E-state index contributed by atoms with van der Waals surface area (Å²) >= 11 is 0. The van der Waals surface area contributed by atoms with E-state index in [9.17, 15) is 9.90 Å². The zero-order chi connectivity index (χ0) is 16.2. The Morgan fingerprint density at radius 2 is 1.91 bits per heavy atom. The van der Waals surface area contributed by atoms with Crippen molar-refractivity contribution in [3.05, 3.63) is 42.7 Å². The van der Waals surface area contributed by atoms with Gasteiger partial charge in [-0.15, -0.1) is 0 Å². The van der Waals surface area contributed by atoms with E-state index >= 15 is 0 Å². The molecule has 22 heavy (non-hydrogen) atoms. The molecule has 1 N–H and O–H groups in total. The fourth-order valence-corrected chi connectivity index (χ4v) is 2.08. The number of aliphatic hydroxyl groups excluding tert-OH is 1. The van der Waals surface area contributed by atoms with Crippen LogP contribution in [0.4, 0.5) is 0 Å². The molecular formula is C16H20N2O4. The molecule has 0 spiro atoms. The topological polar surface area (TPSA) is 73.6 Å². The van der Waals surface area contributed by atoms with Crippen molar-refractivity contribution >= 4 is 5.97 Å². The Bertz CT molecular complexity index is 623. The van der Waals surface area contributed by atoms with E-state index in [1.54, 1.807) is 26.0 Å². The molecule has 1 unspecified atom stereocenters. The summed E-state index contributed by atoms with van der Waals surface area (Å²) in [5.74, 6) is -0.301. The summed E-state index contributed by atoms with van der Waals surface area (Å²) in [6.07, 6.45) is 2.48. The van der Waals surface area contributed by atoms with Gasteiger partial charge in [0.1, 0.15) is 0 Å². The fourth-order valence-electron chi connectivity index (χ4n) is 2.08. The first-order chi connectivity index (χ1) is 10.4. The van der Waals surface area contributed by atoms with Crippen molar-refractivity contribution in [3.63, 3.8) is 0 Å². The number of aliphatic hydroxyl groups is 1. The van der Waals surface area contributed by atoms with Gasteiger partial charge < -0.3 is 19.1 Å². The number of ether oxygens (including phenoxy) is 2. The molecule has 0 radical (unpaired) electrons. The van der Waals surface area contributed by atoms with Crippen LogP contribution in [0.25, 0.3) is 0 Å². The molecule has 2 aromatic rings. The molecule has 2 aromatic heterocycles. The summed E-state index contributed by atoms with van der Waals surface area (Å²) in [6.45, 7) is 4.09. The van der Waals surface area contributed by atoms with Crippen LogP contribution in [0.3, 0.4) is 0 Å². The van der Waals surface area contributed by atoms with E-state index in [-0.39, 0.29) is 5.88 Å². The molecule has 0 saturated heterocycles. The van der Waals surface area contributed by atoms with Gasteiger partial charge in [0.25, 0.3) is 0 Å².